The average molecular weight is 248 g/mol. The average Bonchev–Trinajstić information content (AvgIpc) is 2.76. The molecule has 18 heavy (non-hydrogen) atoms. The van der Waals surface area contributed by atoms with Gasteiger partial charge in [-0.1, -0.05) is 0 Å². The molecule has 0 aliphatic heterocycles. The standard InChI is InChI=1S/C14H16O4/c1-10-6-7-11(17-10)8-9-14(16)18-13-5-3-2-4-12(13)15/h6-9,13H,2-5H2,1H3/b9-8+. The summed E-state index contributed by atoms with van der Waals surface area (Å²) in [6.07, 6.45) is 5.26. The van der Waals surface area contributed by atoms with Crippen molar-refractivity contribution in [2.24, 2.45) is 0 Å². The lowest BCUT2D eigenvalue weighted by Crippen LogP contribution is -2.29. The minimum Gasteiger partial charge on any atom is -0.462 e. The van der Waals surface area contributed by atoms with E-state index < -0.39 is 12.1 Å². The van der Waals surface area contributed by atoms with Gasteiger partial charge in [0.1, 0.15) is 11.5 Å². The Balaban J connectivity index is 1.88. The van der Waals surface area contributed by atoms with Crippen LogP contribution in [-0.2, 0) is 14.3 Å². The highest BCUT2D eigenvalue weighted by atomic mass is 16.5. The van der Waals surface area contributed by atoms with E-state index in [2.05, 4.69) is 0 Å². The minimum absolute atomic E-state index is 0.0249. The van der Waals surface area contributed by atoms with E-state index in [1.165, 1.54) is 6.08 Å². The number of furan rings is 1. The van der Waals surface area contributed by atoms with Crippen LogP contribution < -0.4 is 0 Å². The van der Waals surface area contributed by atoms with Crippen LogP contribution in [0.25, 0.3) is 6.08 Å². The summed E-state index contributed by atoms with van der Waals surface area (Å²) in [4.78, 5) is 23.0. The fourth-order valence-electron chi connectivity index (χ4n) is 1.95. The Morgan fingerprint density at radius 3 is 2.94 bits per heavy atom. The van der Waals surface area contributed by atoms with Gasteiger partial charge in [0.2, 0.25) is 0 Å². The number of hydrogen-bond acceptors (Lipinski definition) is 4. The number of carbonyl (C=O) groups excluding carboxylic acids is 2. The van der Waals surface area contributed by atoms with Gasteiger partial charge in [-0.2, -0.15) is 0 Å². The molecule has 4 heteroatoms. The Kier molecular flexibility index (Phi) is 3.97. The summed E-state index contributed by atoms with van der Waals surface area (Å²) in [5, 5.41) is 0. The summed E-state index contributed by atoms with van der Waals surface area (Å²) in [5.41, 5.74) is 0. The fourth-order valence-corrected chi connectivity index (χ4v) is 1.95. The van der Waals surface area contributed by atoms with Crippen LogP contribution in [0, 0.1) is 6.92 Å². The molecule has 0 radical (unpaired) electrons. The third kappa shape index (κ3) is 3.32. The Bertz CT molecular complexity index is 470. The first-order valence-corrected chi connectivity index (χ1v) is 6.13. The maximum atomic E-state index is 11.5. The van der Waals surface area contributed by atoms with Gasteiger partial charge in [0.05, 0.1) is 0 Å². The molecule has 96 valence electrons. The molecule has 1 fully saturated rings. The molecule has 0 spiro atoms. The van der Waals surface area contributed by atoms with Crippen molar-refractivity contribution >= 4 is 17.8 Å². The third-order valence-corrected chi connectivity index (χ3v) is 2.90. The number of ether oxygens (including phenoxy) is 1. The van der Waals surface area contributed by atoms with Crippen molar-refractivity contribution in [2.45, 2.75) is 38.7 Å². The molecule has 1 heterocycles. The molecule has 1 aromatic heterocycles. The van der Waals surface area contributed by atoms with Crippen LogP contribution >= 0.6 is 0 Å². The Labute approximate surface area is 106 Å². The Morgan fingerprint density at radius 2 is 2.28 bits per heavy atom. The van der Waals surface area contributed by atoms with Crippen molar-refractivity contribution in [1.29, 1.82) is 0 Å². The molecular weight excluding hydrogens is 232 g/mol. The van der Waals surface area contributed by atoms with Crippen molar-refractivity contribution in [3.05, 3.63) is 29.7 Å². The summed E-state index contributed by atoms with van der Waals surface area (Å²) < 4.78 is 10.4. The predicted molar refractivity (Wildman–Crippen MR) is 65.8 cm³/mol. The van der Waals surface area contributed by atoms with Crippen LogP contribution in [0.3, 0.4) is 0 Å². The van der Waals surface area contributed by atoms with Gasteiger partial charge in [-0.25, -0.2) is 4.79 Å². The van der Waals surface area contributed by atoms with Gasteiger partial charge in [0.15, 0.2) is 11.9 Å². The molecule has 4 nitrogen and oxygen atoms in total. The van der Waals surface area contributed by atoms with Gasteiger partial charge in [-0.3, -0.25) is 4.79 Å². The number of rotatable bonds is 3. The maximum absolute atomic E-state index is 11.5. The topological polar surface area (TPSA) is 56.5 Å². The molecule has 1 unspecified atom stereocenters. The van der Waals surface area contributed by atoms with E-state index in [0.717, 1.165) is 18.6 Å². The van der Waals surface area contributed by atoms with E-state index in [1.807, 2.05) is 13.0 Å². The molecular formula is C14H16O4. The lowest BCUT2D eigenvalue weighted by atomic mass is 9.96. The quantitative estimate of drug-likeness (QED) is 0.609. The summed E-state index contributed by atoms with van der Waals surface area (Å²) in [5.74, 6) is 0.908. The lowest BCUT2D eigenvalue weighted by molar-refractivity contribution is -0.152. The van der Waals surface area contributed by atoms with Gasteiger partial charge in [0, 0.05) is 12.5 Å². The van der Waals surface area contributed by atoms with E-state index in [1.54, 1.807) is 12.1 Å². The number of carbonyl (C=O) groups is 2. The van der Waals surface area contributed by atoms with Crippen LogP contribution in [-0.4, -0.2) is 17.9 Å². The highest BCUT2D eigenvalue weighted by Gasteiger charge is 2.24. The highest BCUT2D eigenvalue weighted by molar-refractivity contribution is 5.91. The molecule has 0 aromatic carbocycles. The first kappa shape index (κ1) is 12.6. The highest BCUT2D eigenvalue weighted by Crippen LogP contribution is 2.17. The molecule has 2 rings (SSSR count). The fraction of sp³-hybridized carbons (Fsp3) is 0.429. The van der Waals surface area contributed by atoms with E-state index in [-0.39, 0.29) is 5.78 Å². The number of ketones is 1. The van der Waals surface area contributed by atoms with Gasteiger partial charge < -0.3 is 9.15 Å². The molecule has 1 aliphatic carbocycles. The van der Waals surface area contributed by atoms with Crippen molar-refractivity contribution in [3.63, 3.8) is 0 Å². The molecule has 1 atom stereocenters. The summed E-state index contributed by atoms with van der Waals surface area (Å²) in [6, 6.07) is 3.58. The van der Waals surface area contributed by atoms with Gasteiger partial charge in [-0.05, 0) is 44.4 Å². The normalized spacial score (nSPS) is 20.3. The Morgan fingerprint density at radius 1 is 1.44 bits per heavy atom. The summed E-state index contributed by atoms with van der Waals surface area (Å²) >= 11 is 0. The third-order valence-electron chi connectivity index (χ3n) is 2.90. The van der Waals surface area contributed by atoms with Crippen LogP contribution in [0.15, 0.2) is 22.6 Å². The molecule has 1 aliphatic rings. The molecule has 0 saturated heterocycles. The summed E-state index contributed by atoms with van der Waals surface area (Å²) in [7, 11) is 0. The van der Waals surface area contributed by atoms with Crippen LogP contribution in [0.4, 0.5) is 0 Å². The zero-order chi connectivity index (χ0) is 13.0. The second-order valence-electron chi connectivity index (χ2n) is 4.42. The predicted octanol–water partition coefficient (Wildman–Crippen LogP) is 2.66. The second-order valence-corrected chi connectivity index (χ2v) is 4.42. The first-order valence-electron chi connectivity index (χ1n) is 6.13. The number of esters is 1. The molecule has 0 amide bonds. The van der Waals surface area contributed by atoms with E-state index in [0.29, 0.717) is 18.6 Å². The van der Waals surface area contributed by atoms with Crippen LogP contribution in [0.5, 0.6) is 0 Å². The number of aryl methyl sites for hydroxylation is 1. The lowest BCUT2D eigenvalue weighted by Gasteiger charge is -2.19. The first-order chi connectivity index (χ1) is 8.65. The second kappa shape index (κ2) is 5.67. The zero-order valence-electron chi connectivity index (χ0n) is 10.3. The van der Waals surface area contributed by atoms with Crippen molar-refractivity contribution < 1.29 is 18.7 Å². The SMILES string of the molecule is Cc1ccc(/C=C/C(=O)OC2CCCCC2=O)o1. The van der Waals surface area contributed by atoms with Gasteiger partial charge in [-0.15, -0.1) is 0 Å². The van der Waals surface area contributed by atoms with E-state index in [4.69, 9.17) is 9.15 Å². The molecule has 0 bridgehead atoms. The van der Waals surface area contributed by atoms with Crippen LogP contribution in [0.2, 0.25) is 0 Å². The summed E-state index contributed by atoms with van der Waals surface area (Å²) in [6.45, 7) is 1.83. The van der Waals surface area contributed by atoms with Gasteiger partial charge >= 0.3 is 5.97 Å². The van der Waals surface area contributed by atoms with Crippen molar-refractivity contribution in [2.75, 3.05) is 0 Å². The minimum atomic E-state index is -0.561. The van der Waals surface area contributed by atoms with Crippen LogP contribution in [0.1, 0.15) is 37.2 Å². The number of hydrogen-bond donors (Lipinski definition) is 0. The molecule has 1 saturated carbocycles. The zero-order valence-corrected chi connectivity index (χ0v) is 10.3. The Hall–Kier alpha value is -1.84. The monoisotopic (exact) mass is 248 g/mol. The number of Topliss-reactive ketones (excluding diaryl/α,β-unsaturated/α-hetero) is 1. The van der Waals surface area contributed by atoms with Crippen molar-refractivity contribution in [1.82, 2.24) is 0 Å². The van der Waals surface area contributed by atoms with Gasteiger partial charge in [0.25, 0.3) is 0 Å². The van der Waals surface area contributed by atoms with E-state index in [9.17, 15) is 9.59 Å². The van der Waals surface area contributed by atoms with Crippen molar-refractivity contribution in [3.8, 4) is 0 Å². The smallest absolute Gasteiger partial charge is 0.331 e. The molecule has 1 aromatic rings. The van der Waals surface area contributed by atoms with E-state index >= 15 is 0 Å². The largest absolute Gasteiger partial charge is 0.462 e. The molecule has 0 N–H and O–H groups in total. The maximum Gasteiger partial charge on any atom is 0.331 e.